The molecule has 3 aromatic heterocycles. The highest BCUT2D eigenvalue weighted by atomic mass is 16.1. The number of benzene rings is 9. The minimum Gasteiger partial charge on any atom is -0.310 e. The summed E-state index contributed by atoms with van der Waals surface area (Å²) in [6.45, 7) is 6.78. The molecule has 0 fully saturated rings. The molecule has 3 heterocycles. The number of aromatic nitrogens is 3. The quantitative estimate of drug-likeness (QED) is 0.156. The molecule has 1 aliphatic carbocycles. The maximum Gasteiger partial charge on any atom is 0.197 e. The number of aryl methyl sites for hydroxylation is 1. The third-order valence-corrected chi connectivity index (χ3v) is 14.5. The lowest BCUT2D eigenvalue weighted by Crippen LogP contribution is -2.16. The molecule has 334 valence electrons. The second-order valence-corrected chi connectivity index (χ2v) is 19.5. The van der Waals surface area contributed by atoms with Crippen LogP contribution < -0.4 is 10.9 Å². The number of para-hydroxylation sites is 4. The number of hydrogen-bond acceptors (Lipinski definition) is 2. The van der Waals surface area contributed by atoms with Crippen molar-refractivity contribution >= 4 is 60.6 Å². The molecule has 9 aromatic carbocycles. The highest BCUT2D eigenvalue weighted by molar-refractivity contribution is 6.08. The Morgan fingerprint density at radius 3 is 1.59 bits per heavy atom. The number of nitrogens with zero attached hydrogens (tertiary/aromatic N) is 3. The first kappa shape index (κ1) is 41.4. The van der Waals surface area contributed by atoms with Gasteiger partial charge in [-0.2, -0.15) is 0 Å². The van der Waals surface area contributed by atoms with E-state index < -0.39 is 0 Å². The second kappa shape index (κ2) is 15.9. The van der Waals surface area contributed by atoms with Crippen LogP contribution in [0.5, 0.6) is 0 Å². The SMILES string of the molecule is Cc1ccc2c(c1)c1c(n2-c2cccc(-c3ccc(-c4cccc5c4c(=O)c4ccccc4n5-c4ccccc4)cc3-c3cccc4c3c(=O)c3ccccc3n4-c3ccccc3)c2)C=CC(C)(C)C1. The summed E-state index contributed by atoms with van der Waals surface area (Å²) in [5.74, 6) is 0. The number of allylic oxidation sites excluding steroid dienone is 1. The van der Waals surface area contributed by atoms with Crippen LogP contribution >= 0.6 is 0 Å². The molecule has 1 aliphatic rings. The Hall–Kier alpha value is -8.80. The van der Waals surface area contributed by atoms with E-state index in [2.05, 4.69) is 156 Å². The molecular formula is C65H47N3O2. The van der Waals surface area contributed by atoms with Gasteiger partial charge in [0.05, 0.1) is 38.4 Å². The van der Waals surface area contributed by atoms with Crippen LogP contribution in [0.25, 0.3) is 111 Å². The van der Waals surface area contributed by atoms with E-state index >= 15 is 4.79 Å². The van der Waals surface area contributed by atoms with E-state index in [1.165, 1.54) is 27.7 Å². The third kappa shape index (κ3) is 6.46. The number of fused-ring (bicyclic) bond motifs is 7. The Bertz CT molecular complexity index is 4280. The molecule has 0 saturated carbocycles. The Morgan fingerprint density at radius 1 is 0.400 bits per heavy atom. The van der Waals surface area contributed by atoms with Gasteiger partial charge < -0.3 is 13.7 Å². The third-order valence-electron chi connectivity index (χ3n) is 14.5. The van der Waals surface area contributed by atoms with Gasteiger partial charge in [0, 0.05) is 38.9 Å². The highest BCUT2D eigenvalue weighted by Crippen LogP contribution is 2.44. The summed E-state index contributed by atoms with van der Waals surface area (Å²) in [7, 11) is 0. The van der Waals surface area contributed by atoms with Crippen molar-refractivity contribution in [1.29, 1.82) is 0 Å². The van der Waals surface area contributed by atoms with Gasteiger partial charge >= 0.3 is 0 Å². The molecule has 0 bridgehead atoms. The number of rotatable bonds is 6. The van der Waals surface area contributed by atoms with Crippen LogP contribution in [-0.2, 0) is 6.42 Å². The van der Waals surface area contributed by atoms with Crippen molar-refractivity contribution in [1.82, 2.24) is 13.7 Å². The van der Waals surface area contributed by atoms with Gasteiger partial charge in [-0.1, -0.05) is 141 Å². The summed E-state index contributed by atoms with van der Waals surface area (Å²) in [5.41, 5.74) is 16.7. The van der Waals surface area contributed by atoms with Crippen LogP contribution in [0.1, 0.15) is 30.7 Å². The van der Waals surface area contributed by atoms with E-state index in [0.29, 0.717) is 21.5 Å². The summed E-state index contributed by atoms with van der Waals surface area (Å²) >= 11 is 0. The first-order valence-corrected chi connectivity index (χ1v) is 24.1. The van der Waals surface area contributed by atoms with Crippen molar-refractivity contribution in [2.45, 2.75) is 27.2 Å². The lowest BCUT2D eigenvalue weighted by Gasteiger charge is -2.25. The van der Waals surface area contributed by atoms with Crippen LogP contribution in [0.4, 0.5) is 0 Å². The summed E-state index contributed by atoms with van der Waals surface area (Å²) in [5, 5.41) is 3.84. The summed E-state index contributed by atoms with van der Waals surface area (Å²) in [6, 6.07) is 70.8. The molecule has 0 atom stereocenters. The normalized spacial score (nSPS) is 13.2. The number of hydrogen-bond donors (Lipinski definition) is 0. The van der Waals surface area contributed by atoms with Gasteiger partial charge in [0.2, 0.25) is 0 Å². The Labute approximate surface area is 405 Å². The molecule has 0 saturated heterocycles. The van der Waals surface area contributed by atoms with Crippen LogP contribution in [0.2, 0.25) is 0 Å². The first-order valence-electron chi connectivity index (χ1n) is 24.1. The lowest BCUT2D eigenvalue weighted by molar-refractivity contribution is 0.476. The molecular weight excluding hydrogens is 855 g/mol. The van der Waals surface area contributed by atoms with E-state index in [1.54, 1.807) is 0 Å². The Balaban J connectivity index is 1.11. The zero-order valence-corrected chi connectivity index (χ0v) is 39.1. The molecule has 0 aliphatic heterocycles. The van der Waals surface area contributed by atoms with E-state index in [4.69, 9.17) is 0 Å². The monoisotopic (exact) mass is 901 g/mol. The van der Waals surface area contributed by atoms with Crippen LogP contribution in [-0.4, -0.2) is 13.7 Å². The Morgan fingerprint density at radius 2 is 0.929 bits per heavy atom. The fraction of sp³-hybridized carbons (Fsp3) is 0.0769. The van der Waals surface area contributed by atoms with Crippen molar-refractivity contribution in [3.63, 3.8) is 0 Å². The maximum atomic E-state index is 15.3. The van der Waals surface area contributed by atoms with Gasteiger partial charge in [-0.15, -0.1) is 0 Å². The van der Waals surface area contributed by atoms with Gasteiger partial charge in [-0.25, -0.2) is 0 Å². The summed E-state index contributed by atoms with van der Waals surface area (Å²) in [6.07, 6.45) is 5.60. The van der Waals surface area contributed by atoms with Crippen molar-refractivity contribution in [3.8, 4) is 50.4 Å². The molecule has 70 heavy (non-hydrogen) atoms. The highest BCUT2D eigenvalue weighted by Gasteiger charge is 2.28. The molecule has 5 heteroatoms. The first-order chi connectivity index (χ1) is 34.2. The number of pyridine rings is 2. The minimum atomic E-state index is -0.0312. The van der Waals surface area contributed by atoms with Crippen molar-refractivity contribution < 1.29 is 0 Å². The van der Waals surface area contributed by atoms with Crippen molar-refractivity contribution in [2.75, 3.05) is 0 Å². The molecule has 0 spiro atoms. The summed E-state index contributed by atoms with van der Waals surface area (Å²) in [4.78, 5) is 30.2. The van der Waals surface area contributed by atoms with Gasteiger partial charge in [-0.3, -0.25) is 9.59 Å². The lowest BCUT2D eigenvalue weighted by atomic mass is 9.81. The molecule has 0 N–H and O–H groups in total. The van der Waals surface area contributed by atoms with Crippen molar-refractivity contribution in [3.05, 3.63) is 250 Å². The topological polar surface area (TPSA) is 48.9 Å². The largest absolute Gasteiger partial charge is 0.310 e. The predicted molar refractivity (Wildman–Crippen MR) is 292 cm³/mol. The van der Waals surface area contributed by atoms with Gasteiger partial charge in [-0.05, 0) is 155 Å². The smallest absolute Gasteiger partial charge is 0.197 e. The van der Waals surface area contributed by atoms with E-state index in [0.717, 1.165) is 78.9 Å². The van der Waals surface area contributed by atoms with Crippen LogP contribution in [0, 0.1) is 12.3 Å². The maximum absolute atomic E-state index is 15.3. The molecule has 5 nitrogen and oxygen atoms in total. The summed E-state index contributed by atoms with van der Waals surface area (Å²) < 4.78 is 6.81. The van der Waals surface area contributed by atoms with Gasteiger partial charge in [0.15, 0.2) is 10.9 Å². The van der Waals surface area contributed by atoms with Gasteiger partial charge in [0.1, 0.15) is 0 Å². The van der Waals surface area contributed by atoms with E-state index in [9.17, 15) is 4.79 Å². The zero-order chi connectivity index (χ0) is 47.3. The van der Waals surface area contributed by atoms with Crippen molar-refractivity contribution in [2.24, 2.45) is 5.41 Å². The zero-order valence-electron chi connectivity index (χ0n) is 39.1. The van der Waals surface area contributed by atoms with Crippen LogP contribution in [0.3, 0.4) is 0 Å². The molecule has 13 rings (SSSR count). The van der Waals surface area contributed by atoms with Gasteiger partial charge in [0.25, 0.3) is 0 Å². The fourth-order valence-corrected chi connectivity index (χ4v) is 11.3. The average molecular weight is 902 g/mol. The van der Waals surface area contributed by atoms with E-state index in [-0.39, 0.29) is 16.3 Å². The molecule has 0 radical (unpaired) electrons. The Kier molecular flexibility index (Phi) is 9.40. The average Bonchev–Trinajstić information content (AvgIpc) is 3.70. The standard InChI is InChI=1S/C65H47N3O2/c1-41-31-34-57-53(37-41)54-40-65(2,3)36-35-58(54)68(57)46-22-14-17-42(38-46)47-33-32-43(48-25-15-29-59-61(48)63(69)50-23-10-12-27-55(50)66(59)44-18-6-4-7-19-44)39-52(47)49-26-16-30-60-62(49)64(70)51-24-11-13-28-56(51)67(60)45-20-8-5-9-21-45/h4-39H,40H2,1-3H3. The van der Waals surface area contributed by atoms with E-state index in [1.807, 2.05) is 97.1 Å². The molecule has 0 unspecified atom stereocenters. The molecule has 12 aromatic rings. The minimum absolute atomic E-state index is 0.0241. The van der Waals surface area contributed by atoms with Crippen LogP contribution in [0.15, 0.2) is 222 Å². The second-order valence-electron chi connectivity index (χ2n) is 19.5. The predicted octanol–water partition coefficient (Wildman–Crippen LogP) is 15.5. The molecule has 0 amide bonds. The fourth-order valence-electron chi connectivity index (χ4n) is 11.3.